The molecule has 3 N–H and O–H groups in total. The van der Waals surface area contributed by atoms with Gasteiger partial charge in [-0.25, -0.2) is 0 Å². The Balaban J connectivity index is 2.03. The van der Waals surface area contributed by atoms with Crippen LogP contribution in [-0.4, -0.2) is 34.6 Å². The molecule has 0 saturated heterocycles. The molecule has 1 saturated carbocycles. The predicted octanol–water partition coefficient (Wildman–Crippen LogP) is 2.15. The second-order valence-corrected chi connectivity index (χ2v) is 5.54. The van der Waals surface area contributed by atoms with Crippen LogP contribution in [0.3, 0.4) is 0 Å². The first-order chi connectivity index (χ1) is 9.63. The molecule has 0 aliphatic heterocycles. The van der Waals surface area contributed by atoms with Crippen molar-refractivity contribution < 1.29 is 0 Å². The smallest absolute Gasteiger partial charge is 0.231 e. The lowest BCUT2D eigenvalue weighted by Crippen LogP contribution is -2.26. The lowest BCUT2D eigenvalue weighted by Gasteiger charge is -2.20. The predicted molar refractivity (Wildman–Crippen MR) is 82.8 cm³/mol. The lowest BCUT2D eigenvalue weighted by atomic mass is 9.98. The van der Waals surface area contributed by atoms with Crippen LogP contribution in [0.2, 0.25) is 0 Å². The van der Waals surface area contributed by atoms with Crippen LogP contribution in [0.4, 0.5) is 17.8 Å². The summed E-state index contributed by atoms with van der Waals surface area (Å²) in [6.07, 6.45) is 3.95. The standard InChI is InChI=1S/C14H26N6/c1-4-20(5-2)14-18-12(15)17-13(19-14)16-9-11-8-6-7-10(11)3/h10-11H,4-9H2,1-3H3,(H3,15,16,17,18,19). The van der Waals surface area contributed by atoms with Gasteiger partial charge in [0.1, 0.15) is 0 Å². The number of rotatable bonds is 6. The van der Waals surface area contributed by atoms with E-state index in [0.29, 0.717) is 17.8 Å². The molecular formula is C14H26N6. The number of nitrogens with two attached hydrogens (primary N) is 1. The van der Waals surface area contributed by atoms with Gasteiger partial charge in [-0.2, -0.15) is 15.0 Å². The molecule has 6 nitrogen and oxygen atoms in total. The molecule has 1 aliphatic rings. The lowest BCUT2D eigenvalue weighted by molar-refractivity contribution is 0.439. The van der Waals surface area contributed by atoms with Gasteiger partial charge >= 0.3 is 0 Å². The van der Waals surface area contributed by atoms with Gasteiger partial charge < -0.3 is 16.0 Å². The van der Waals surface area contributed by atoms with Gasteiger partial charge in [0.2, 0.25) is 17.8 Å². The molecule has 2 atom stereocenters. The van der Waals surface area contributed by atoms with E-state index in [4.69, 9.17) is 5.73 Å². The number of nitrogens with zero attached hydrogens (tertiary/aromatic N) is 4. The maximum atomic E-state index is 5.79. The zero-order valence-corrected chi connectivity index (χ0v) is 12.8. The molecule has 1 heterocycles. The summed E-state index contributed by atoms with van der Waals surface area (Å²) in [6.45, 7) is 9.12. The molecule has 112 valence electrons. The maximum Gasteiger partial charge on any atom is 0.231 e. The van der Waals surface area contributed by atoms with Crippen molar-refractivity contribution in [3.63, 3.8) is 0 Å². The van der Waals surface area contributed by atoms with Crippen LogP contribution in [-0.2, 0) is 0 Å². The SMILES string of the molecule is CCN(CC)c1nc(N)nc(NCC2CCCC2C)n1. The quantitative estimate of drug-likeness (QED) is 0.830. The molecule has 1 aromatic rings. The molecule has 1 aliphatic carbocycles. The summed E-state index contributed by atoms with van der Waals surface area (Å²) < 4.78 is 0. The van der Waals surface area contributed by atoms with Gasteiger partial charge in [0.05, 0.1) is 0 Å². The van der Waals surface area contributed by atoms with Crippen molar-refractivity contribution in [2.75, 3.05) is 35.6 Å². The third-order valence-corrected chi connectivity index (χ3v) is 4.25. The number of hydrogen-bond acceptors (Lipinski definition) is 6. The minimum atomic E-state index is 0.281. The fourth-order valence-corrected chi connectivity index (χ4v) is 2.86. The second-order valence-electron chi connectivity index (χ2n) is 5.54. The minimum absolute atomic E-state index is 0.281. The van der Waals surface area contributed by atoms with E-state index in [-0.39, 0.29) is 5.95 Å². The first-order valence-electron chi connectivity index (χ1n) is 7.64. The summed E-state index contributed by atoms with van der Waals surface area (Å²) in [7, 11) is 0. The van der Waals surface area contributed by atoms with Crippen molar-refractivity contribution >= 4 is 17.8 Å². The van der Waals surface area contributed by atoms with Gasteiger partial charge in [-0.05, 0) is 32.1 Å². The van der Waals surface area contributed by atoms with Gasteiger partial charge in [-0.15, -0.1) is 0 Å². The number of nitrogen functional groups attached to an aromatic ring is 1. The first kappa shape index (κ1) is 14.8. The Morgan fingerprint density at radius 2 is 1.95 bits per heavy atom. The van der Waals surface area contributed by atoms with Crippen LogP contribution < -0.4 is 16.0 Å². The molecule has 0 bridgehead atoms. The van der Waals surface area contributed by atoms with E-state index in [2.05, 4.69) is 45.9 Å². The van der Waals surface area contributed by atoms with E-state index in [1.807, 2.05) is 0 Å². The molecule has 1 fully saturated rings. The Kier molecular flexibility index (Phi) is 4.98. The van der Waals surface area contributed by atoms with Crippen LogP contribution in [0.25, 0.3) is 0 Å². The number of nitrogens with one attached hydrogen (secondary N) is 1. The largest absolute Gasteiger partial charge is 0.368 e. The molecular weight excluding hydrogens is 252 g/mol. The molecule has 0 aromatic carbocycles. The molecule has 0 radical (unpaired) electrons. The molecule has 1 aromatic heterocycles. The van der Waals surface area contributed by atoms with Gasteiger partial charge in [0, 0.05) is 19.6 Å². The highest BCUT2D eigenvalue weighted by atomic mass is 15.3. The zero-order chi connectivity index (χ0) is 14.5. The Labute approximate surface area is 121 Å². The highest BCUT2D eigenvalue weighted by molar-refractivity contribution is 5.41. The topological polar surface area (TPSA) is 80.0 Å². The fraction of sp³-hybridized carbons (Fsp3) is 0.786. The Hall–Kier alpha value is -1.59. The van der Waals surface area contributed by atoms with Crippen molar-refractivity contribution in [3.8, 4) is 0 Å². The summed E-state index contributed by atoms with van der Waals surface area (Å²) in [4.78, 5) is 14.9. The maximum absolute atomic E-state index is 5.79. The first-order valence-corrected chi connectivity index (χ1v) is 7.64. The number of hydrogen-bond donors (Lipinski definition) is 2. The normalized spacial score (nSPS) is 21.9. The van der Waals surface area contributed by atoms with Crippen LogP contribution in [0.5, 0.6) is 0 Å². The number of anilines is 3. The van der Waals surface area contributed by atoms with E-state index >= 15 is 0 Å². The minimum Gasteiger partial charge on any atom is -0.368 e. The number of aromatic nitrogens is 3. The van der Waals surface area contributed by atoms with Crippen LogP contribution >= 0.6 is 0 Å². The van der Waals surface area contributed by atoms with Gasteiger partial charge in [-0.1, -0.05) is 19.8 Å². The van der Waals surface area contributed by atoms with Crippen LogP contribution in [0.15, 0.2) is 0 Å². The van der Waals surface area contributed by atoms with Crippen molar-refractivity contribution in [2.24, 2.45) is 11.8 Å². The summed E-state index contributed by atoms with van der Waals surface area (Å²) in [5.74, 6) is 3.03. The van der Waals surface area contributed by atoms with Crippen molar-refractivity contribution in [1.82, 2.24) is 15.0 Å². The van der Waals surface area contributed by atoms with Gasteiger partial charge in [0.25, 0.3) is 0 Å². The summed E-state index contributed by atoms with van der Waals surface area (Å²) >= 11 is 0. The summed E-state index contributed by atoms with van der Waals surface area (Å²) in [6, 6.07) is 0. The fourth-order valence-electron chi connectivity index (χ4n) is 2.86. The van der Waals surface area contributed by atoms with Crippen LogP contribution in [0, 0.1) is 11.8 Å². The summed E-state index contributed by atoms with van der Waals surface area (Å²) in [5.41, 5.74) is 5.79. The highest BCUT2D eigenvalue weighted by Gasteiger charge is 2.23. The molecule has 0 spiro atoms. The molecule has 2 unspecified atom stereocenters. The Bertz CT molecular complexity index is 432. The van der Waals surface area contributed by atoms with E-state index < -0.39 is 0 Å². The van der Waals surface area contributed by atoms with E-state index in [0.717, 1.165) is 25.6 Å². The molecule has 2 rings (SSSR count). The van der Waals surface area contributed by atoms with Crippen LogP contribution in [0.1, 0.15) is 40.0 Å². The second kappa shape index (κ2) is 6.72. The Morgan fingerprint density at radius 3 is 2.55 bits per heavy atom. The van der Waals surface area contributed by atoms with Crippen molar-refractivity contribution in [1.29, 1.82) is 0 Å². The average Bonchev–Trinajstić information content (AvgIpc) is 2.83. The van der Waals surface area contributed by atoms with Crippen molar-refractivity contribution in [2.45, 2.75) is 40.0 Å². The molecule has 20 heavy (non-hydrogen) atoms. The average molecular weight is 278 g/mol. The molecule has 6 heteroatoms. The van der Waals surface area contributed by atoms with Crippen molar-refractivity contribution in [3.05, 3.63) is 0 Å². The third kappa shape index (κ3) is 3.49. The zero-order valence-electron chi connectivity index (χ0n) is 12.8. The molecule has 0 amide bonds. The van der Waals surface area contributed by atoms with E-state index in [1.54, 1.807) is 0 Å². The Morgan fingerprint density at radius 1 is 1.20 bits per heavy atom. The third-order valence-electron chi connectivity index (χ3n) is 4.25. The van der Waals surface area contributed by atoms with Gasteiger partial charge in [0.15, 0.2) is 0 Å². The summed E-state index contributed by atoms with van der Waals surface area (Å²) in [5, 5.41) is 3.33. The van der Waals surface area contributed by atoms with E-state index in [9.17, 15) is 0 Å². The highest BCUT2D eigenvalue weighted by Crippen LogP contribution is 2.31. The van der Waals surface area contributed by atoms with Gasteiger partial charge in [-0.3, -0.25) is 0 Å². The monoisotopic (exact) mass is 278 g/mol. The van der Waals surface area contributed by atoms with E-state index in [1.165, 1.54) is 19.3 Å².